The van der Waals surface area contributed by atoms with E-state index in [4.69, 9.17) is 0 Å². The van der Waals surface area contributed by atoms with Gasteiger partial charge in [-0.1, -0.05) is 36.3 Å². The predicted molar refractivity (Wildman–Crippen MR) is 64.1 cm³/mol. The van der Waals surface area contributed by atoms with Crippen LogP contribution in [0.3, 0.4) is 0 Å². The van der Waals surface area contributed by atoms with E-state index in [2.05, 4.69) is 25.6 Å². The highest BCUT2D eigenvalue weighted by Gasteiger charge is 2.40. The average Bonchev–Trinajstić information content (AvgIpc) is 2.52. The quantitative estimate of drug-likeness (QED) is 0.568. The van der Waals surface area contributed by atoms with Gasteiger partial charge < -0.3 is 0 Å². The van der Waals surface area contributed by atoms with Gasteiger partial charge in [0.25, 0.3) is 0 Å². The fourth-order valence-corrected chi connectivity index (χ4v) is 8.07. The number of hydrogen-bond donors (Lipinski definition) is 0. The van der Waals surface area contributed by atoms with Crippen molar-refractivity contribution in [2.75, 3.05) is 0 Å². The zero-order chi connectivity index (χ0) is 9.76. The maximum absolute atomic E-state index is 2.61. The molecule has 0 saturated heterocycles. The van der Waals surface area contributed by atoms with Crippen molar-refractivity contribution in [1.82, 2.24) is 0 Å². The molecule has 3 rings (SSSR count). The second kappa shape index (κ2) is 2.72. The lowest BCUT2D eigenvalue weighted by Gasteiger charge is -2.30. The molecule has 2 heterocycles. The molecule has 0 aromatic heterocycles. The van der Waals surface area contributed by atoms with Crippen molar-refractivity contribution < 1.29 is 0 Å². The molecule has 1 aromatic carbocycles. The van der Waals surface area contributed by atoms with Crippen molar-refractivity contribution in [3.63, 3.8) is 0 Å². The van der Waals surface area contributed by atoms with Crippen LogP contribution >= 0.6 is 0 Å². The molecule has 2 aliphatic rings. The van der Waals surface area contributed by atoms with Crippen LogP contribution in [0.5, 0.6) is 0 Å². The molecule has 1 heteroatoms. The molecule has 0 spiro atoms. The van der Waals surface area contributed by atoms with Gasteiger partial charge in [-0.25, -0.2) is 0 Å². The first kappa shape index (κ1) is 8.72. The maximum Gasteiger partial charge on any atom is 0.0847 e. The van der Waals surface area contributed by atoms with Crippen molar-refractivity contribution in [2.24, 2.45) is 0 Å². The van der Waals surface area contributed by atoms with E-state index in [1.165, 1.54) is 25.3 Å². The lowest BCUT2D eigenvalue weighted by molar-refractivity contribution is 0.887. The van der Waals surface area contributed by atoms with E-state index in [1.54, 1.807) is 22.7 Å². The van der Waals surface area contributed by atoms with Crippen LogP contribution in [0.15, 0.2) is 12.1 Å². The molecule has 74 valence electrons. The summed E-state index contributed by atoms with van der Waals surface area (Å²) in [4.78, 5) is 0. The average molecular weight is 202 g/mol. The van der Waals surface area contributed by atoms with E-state index in [9.17, 15) is 0 Å². The third kappa shape index (κ3) is 0.992. The molecule has 0 N–H and O–H groups in total. The Balaban J connectivity index is 2.30. The summed E-state index contributed by atoms with van der Waals surface area (Å²) in [5.41, 5.74) is 5.02. The van der Waals surface area contributed by atoms with E-state index in [-0.39, 0.29) is 0 Å². The van der Waals surface area contributed by atoms with Crippen molar-refractivity contribution in [3.05, 3.63) is 28.8 Å². The van der Waals surface area contributed by atoms with Gasteiger partial charge in [0.15, 0.2) is 0 Å². The number of rotatable bonds is 0. The van der Waals surface area contributed by atoms with Crippen LogP contribution < -0.4 is 5.19 Å². The van der Waals surface area contributed by atoms with Gasteiger partial charge in [0, 0.05) is 0 Å². The minimum atomic E-state index is -0.970. The molecule has 0 amide bonds. The number of hydrogen-bond acceptors (Lipinski definition) is 0. The van der Waals surface area contributed by atoms with Crippen molar-refractivity contribution in [2.45, 2.75) is 44.8 Å². The number of benzene rings is 1. The standard InChI is InChI=1S/C13H18Si/c1-10-5-6-11-4-3-8-14(2)9-7-12(10)13(11)14/h5-6H,3-4,7-9H2,1-2H3. The van der Waals surface area contributed by atoms with Gasteiger partial charge in [-0.05, 0) is 42.5 Å². The molecule has 0 bridgehead atoms. The van der Waals surface area contributed by atoms with Crippen molar-refractivity contribution >= 4 is 13.3 Å². The summed E-state index contributed by atoms with van der Waals surface area (Å²) in [5.74, 6) is 0. The van der Waals surface area contributed by atoms with Gasteiger partial charge in [-0.3, -0.25) is 0 Å². The largest absolute Gasteiger partial charge is 0.0847 e. The number of aryl methyl sites for hydroxylation is 2. The highest BCUT2D eigenvalue weighted by Crippen LogP contribution is 2.35. The third-order valence-corrected chi connectivity index (χ3v) is 8.98. The molecule has 1 aromatic rings. The molecular formula is C13H18Si. The Kier molecular flexibility index (Phi) is 1.70. The highest BCUT2D eigenvalue weighted by atomic mass is 28.3. The Morgan fingerprint density at radius 1 is 1.14 bits per heavy atom. The molecule has 0 nitrogen and oxygen atoms in total. The van der Waals surface area contributed by atoms with E-state index in [1.807, 2.05) is 5.19 Å². The summed E-state index contributed by atoms with van der Waals surface area (Å²) in [7, 11) is -0.970. The topological polar surface area (TPSA) is 0 Å². The molecular weight excluding hydrogens is 184 g/mol. The molecule has 0 aliphatic carbocycles. The van der Waals surface area contributed by atoms with Crippen LogP contribution in [0.1, 0.15) is 23.1 Å². The Bertz CT molecular complexity index is 394. The van der Waals surface area contributed by atoms with Crippen LogP contribution in [-0.2, 0) is 12.8 Å². The fraction of sp³-hybridized carbons (Fsp3) is 0.538. The van der Waals surface area contributed by atoms with Crippen LogP contribution in [0.4, 0.5) is 0 Å². The first-order valence-electron chi connectivity index (χ1n) is 5.82. The summed E-state index contributed by atoms with van der Waals surface area (Å²) >= 11 is 0. The minimum absolute atomic E-state index is 0.970. The zero-order valence-corrected chi connectivity index (χ0v) is 10.2. The van der Waals surface area contributed by atoms with Crippen LogP contribution in [0, 0.1) is 6.92 Å². The monoisotopic (exact) mass is 202 g/mol. The second-order valence-corrected chi connectivity index (χ2v) is 9.93. The van der Waals surface area contributed by atoms with Gasteiger partial charge in [0.2, 0.25) is 0 Å². The lowest BCUT2D eigenvalue weighted by Crippen LogP contribution is -2.46. The highest BCUT2D eigenvalue weighted by molar-refractivity contribution is 6.92. The smallest absolute Gasteiger partial charge is 0.0652 e. The Morgan fingerprint density at radius 3 is 2.86 bits per heavy atom. The van der Waals surface area contributed by atoms with Crippen molar-refractivity contribution in [3.8, 4) is 0 Å². The van der Waals surface area contributed by atoms with Crippen LogP contribution in [0.2, 0.25) is 18.6 Å². The summed E-state index contributed by atoms with van der Waals surface area (Å²) in [6.07, 6.45) is 4.20. The molecule has 1 unspecified atom stereocenters. The van der Waals surface area contributed by atoms with Gasteiger partial charge in [-0.2, -0.15) is 0 Å². The molecule has 0 radical (unpaired) electrons. The fourth-order valence-electron chi connectivity index (χ4n) is 3.53. The van der Waals surface area contributed by atoms with Crippen LogP contribution in [-0.4, -0.2) is 8.07 Å². The van der Waals surface area contributed by atoms with Gasteiger partial charge in [-0.15, -0.1) is 0 Å². The first-order valence-corrected chi connectivity index (χ1v) is 8.74. The lowest BCUT2D eigenvalue weighted by atomic mass is 10.0. The Hall–Kier alpha value is -0.563. The van der Waals surface area contributed by atoms with E-state index < -0.39 is 8.07 Å². The maximum atomic E-state index is 2.61. The zero-order valence-electron chi connectivity index (χ0n) is 9.19. The minimum Gasteiger partial charge on any atom is -0.0652 e. The Morgan fingerprint density at radius 2 is 2.00 bits per heavy atom. The van der Waals surface area contributed by atoms with Gasteiger partial charge in [0.05, 0.1) is 8.07 Å². The molecule has 0 fully saturated rings. The second-order valence-electron chi connectivity index (χ2n) is 5.31. The SMILES string of the molecule is Cc1ccc2c3c1CC[Si]3(C)CCC2. The third-order valence-electron chi connectivity index (χ3n) is 4.34. The summed E-state index contributed by atoms with van der Waals surface area (Å²) < 4.78 is 0. The van der Waals surface area contributed by atoms with E-state index in [0.717, 1.165) is 0 Å². The molecule has 1 atom stereocenters. The van der Waals surface area contributed by atoms with Gasteiger partial charge >= 0.3 is 0 Å². The molecule has 0 saturated carbocycles. The van der Waals surface area contributed by atoms with Crippen molar-refractivity contribution in [1.29, 1.82) is 0 Å². The summed E-state index contributed by atoms with van der Waals surface area (Å²) in [5, 5.41) is 1.88. The van der Waals surface area contributed by atoms with E-state index >= 15 is 0 Å². The van der Waals surface area contributed by atoms with Gasteiger partial charge in [0.1, 0.15) is 0 Å². The first-order chi connectivity index (χ1) is 6.71. The normalized spacial score (nSPS) is 29.0. The molecule has 14 heavy (non-hydrogen) atoms. The van der Waals surface area contributed by atoms with Crippen LogP contribution in [0.25, 0.3) is 0 Å². The Labute approximate surface area is 87.4 Å². The molecule has 2 aliphatic heterocycles. The predicted octanol–water partition coefficient (Wildman–Crippen LogP) is 2.78. The van der Waals surface area contributed by atoms with E-state index in [0.29, 0.717) is 0 Å². The summed E-state index contributed by atoms with van der Waals surface area (Å²) in [6.45, 7) is 4.91. The summed E-state index contributed by atoms with van der Waals surface area (Å²) in [6, 6.07) is 7.83.